The molecule has 1 aromatic carbocycles. The van der Waals surface area contributed by atoms with Crippen LogP contribution in [0.1, 0.15) is 12.8 Å². The first-order chi connectivity index (χ1) is 8.99. The van der Waals surface area contributed by atoms with Gasteiger partial charge < -0.3 is 4.74 Å². The van der Waals surface area contributed by atoms with E-state index < -0.39 is 15.8 Å². The van der Waals surface area contributed by atoms with Crippen LogP contribution < -0.4 is 4.72 Å². The first kappa shape index (κ1) is 14.9. The van der Waals surface area contributed by atoms with Gasteiger partial charge in [0.05, 0.1) is 4.90 Å². The molecule has 0 radical (unpaired) electrons. The van der Waals surface area contributed by atoms with Gasteiger partial charge in [-0.1, -0.05) is 0 Å². The van der Waals surface area contributed by atoms with Gasteiger partial charge >= 0.3 is 0 Å². The van der Waals surface area contributed by atoms with Crippen LogP contribution in [0, 0.1) is 11.7 Å². The molecule has 7 heteroatoms. The van der Waals surface area contributed by atoms with Crippen molar-refractivity contribution in [1.29, 1.82) is 0 Å². The molecule has 1 heterocycles. The summed E-state index contributed by atoms with van der Waals surface area (Å²) in [7, 11) is -3.60. The maximum Gasteiger partial charge on any atom is 0.241 e. The van der Waals surface area contributed by atoms with E-state index >= 15 is 0 Å². The van der Waals surface area contributed by atoms with Gasteiger partial charge in [0.2, 0.25) is 10.0 Å². The third kappa shape index (κ3) is 3.98. The summed E-state index contributed by atoms with van der Waals surface area (Å²) in [6.07, 6.45) is 1.72. The minimum absolute atomic E-state index is 0.0524. The minimum Gasteiger partial charge on any atom is -0.381 e. The van der Waals surface area contributed by atoms with Crippen molar-refractivity contribution in [2.75, 3.05) is 19.8 Å². The second-order valence-corrected chi connectivity index (χ2v) is 7.08. The number of nitrogens with one attached hydrogen (secondary N) is 1. The molecule has 2 rings (SSSR count). The van der Waals surface area contributed by atoms with Gasteiger partial charge in [0, 0.05) is 24.2 Å². The Labute approximate surface area is 120 Å². The molecule has 1 unspecified atom stereocenters. The van der Waals surface area contributed by atoms with Crippen LogP contribution in [0.4, 0.5) is 4.39 Å². The van der Waals surface area contributed by atoms with Crippen molar-refractivity contribution in [2.24, 2.45) is 5.92 Å². The highest BCUT2D eigenvalue weighted by Crippen LogP contribution is 2.23. The summed E-state index contributed by atoms with van der Waals surface area (Å²) in [4.78, 5) is 0.0524. The van der Waals surface area contributed by atoms with Crippen molar-refractivity contribution in [3.05, 3.63) is 28.5 Å². The fourth-order valence-corrected chi connectivity index (χ4v) is 4.07. The Hall–Kier alpha value is -0.500. The lowest BCUT2D eigenvalue weighted by molar-refractivity contribution is 0.184. The predicted molar refractivity (Wildman–Crippen MR) is 72.8 cm³/mol. The maximum absolute atomic E-state index is 12.9. The van der Waals surface area contributed by atoms with Crippen LogP contribution >= 0.6 is 15.9 Å². The number of benzene rings is 1. The Kier molecular flexibility index (Phi) is 4.94. The largest absolute Gasteiger partial charge is 0.381 e. The smallest absolute Gasteiger partial charge is 0.241 e. The van der Waals surface area contributed by atoms with Crippen molar-refractivity contribution in [1.82, 2.24) is 4.72 Å². The van der Waals surface area contributed by atoms with E-state index in [4.69, 9.17) is 4.74 Å². The third-order valence-corrected chi connectivity index (χ3v) is 5.49. The quantitative estimate of drug-likeness (QED) is 0.885. The number of sulfonamides is 1. The molecule has 1 atom stereocenters. The molecule has 1 aliphatic heterocycles. The molecule has 1 fully saturated rings. The number of halogens is 2. The molecule has 0 saturated carbocycles. The summed E-state index contributed by atoms with van der Waals surface area (Å²) in [5, 5.41) is 0. The van der Waals surface area contributed by atoms with Crippen LogP contribution in [0.15, 0.2) is 27.6 Å². The van der Waals surface area contributed by atoms with Crippen molar-refractivity contribution in [3.8, 4) is 0 Å². The molecular weight excluding hydrogens is 337 g/mol. The summed E-state index contributed by atoms with van der Waals surface area (Å²) in [5.74, 6) is -0.0618. The molecule has 106 valence electrons. The third-order valence-electron chi connectivity index (χ3n) is 3.05. The van der Waals surface area contributed by atoms with Gasteiger partial charge in [-0.2, -0.15) is 0 Å². The fraction of sp³-hybridized carbons (Fsp3) is 0.500. The number of hydrogen-bond acceptors (Lipinski definition) is 3. The second kappa shape index (κ2) is 6.30. The average molecular weight is 352 g/mol. The van der Waals surface area contributed by atoms with Gasteiger partial charge in [0.15, 0.2) is 0 Å². The SMILES string of the molecule is O=S(=O)(NCCC1CCOC1)c1ccc(F)cc1Br. The van der Waals surface area contributed by atoms with E-state index in [1.165, 1.54) is 6.07 Å². The number of rotatable bonds is 5. The zero-order valence-electron chi connectivity index (χ0n) is 10.2. The highest BCUT2D eigenvalue weighted by molar-refractivity contribution is 9.10. The molecule has 0 aliphatic carbocycles. The van der Waals surface area contributed by atoms with Crippen LogP contribution in [0.25, 0.3) is 0 Å². The Balaban J connectivity index is 1.97. The zero-order valence-corrected chi connectivity index (χ0v) is 12.6. The van der Waals surface area contributed by atoms with Crippen LogP contribution in [-0.4, -0.2) is 28.2 Å². The normalized spacial score (nSPS) is 19.8. The van der Waals surface area contributed by atoms with Gasteiger partial charge in [0.1, 0.15) is 5.82 Å². The first-order valence-electron chi connectivity index (χ1n) is 6.01. The molecule has 19 heavy (non-hydrogen) atoms. The van der Waals surface area contributed by atoms with Gasteiger partial charge in [-0.25, -0.2) is 17.5 Å². The zero-order chi connectivity index (χ0) is 13.9. The molecule has 0 bridgehead atoms. The molecule has 0 aromatic heterocycles. The van der Waals surface area contributed by atoms with Crippen molar-refractivity contribution >= 4 is 26.0 Å². The minimum atomic E-state index is -3.60. The molecule has 0 spiro atoms. The van der Waals surface area contributed by atoms with Gasteiger partial charge in [-0.3, -0.25) is 0 Å². The average Bonchev–Trinajstić information content (AvgIpc) is 2.81. The lowest BCUT2D eigenvalue weighted by Gasteiger charge is -2.10. The molecule has 0 amide bonds. The summed E-state index contributed by atoms with van der Waals surface area (Å²) in [6, 6.07) is 3.52. The fourth-order valence-electron chi connectivity index (χ4n) is 1.98. The Morgan fingerprint density at radius 2 is 2.26 bits per heavy atom. The molecular formula is C12H15BrFNO3S. The molecule has 1 aromatic rings. The second-order valence-electron chi connectivity index (χ2n) is 4.49. The van der Waals surface area contributed by atoms with Gasteiger partial charge in [-0.05, 0) is 52.9 Å². The van der Waals surface area contributed by atoms with Crippen LogP contribution in [-0.2, 0) is 14.8 Å². The van der Waals surface area contributed by atoms with E-state index in [1.54, 1.807) is 0 Å². The van der Waals surface area contributed by atoms with Gasteiger partial charge in [-0.15, -0.1) is 0 Å². The van der Waals surface area contributed by atoms with E-state index in [0.717, 1.165) is 31.6 Å². The molecule has 4 nitrogen and oxygen atoms in total. The molecule has 1 N–H and O–H groups in total. The van der Waals surface area contributed by atoms with E-state index in [0.29, 0.717) is 19.1 Å². The van der Waals surface area contributed by atoms with Crippen molar-refractivity contribution in [2.45, 2.75) is 17.7 Å². The molecule has 1 saturated heterocycles. The van der Waals surface area contributed by atoms with Crippen molar-refractivity contribution < 1.29 is 17.5 Å². The van der Waals surface area contributed by atoms with Crippen LogP contribution in [0.5, 0.6) is 0 Å². The Morgan fingerprint density at radius 3 is 2.89 bits per heavy atom. The maximum atomic E-state index is 12.9. The summed E-state index contributed by atoms with van der Waals surface area (Å²) < 4.78 is 45.0. The number of hydrogen-bond donors (Lipinski definition) is 1. The molecule has 1 aliphatic rings. The first-order valence-corrected chi connectivity index (χ1v) is 8.29. The lowest BCUT2D eigenvalue weighted by Crippen LogP contribution is -2.26. The highest BCUT2D eigenvalue weighted by atomic mass is 79.9. The standard InChI is InChI=1S/C12H15BrFNO3S/c13-11-7-10(14)1-2-12(11)19(16,17)15-5-3-9-4-6-18-8-9/h1-2,7,9,15H,3-6,8H2. The summed E-state index contributed by atoms with van der Waals surface area (Å²) in [6.45, 7) is 1.81. The topological polar surface area (TPSA) is 55.4 Å². The summed E-state index contributed by atoms with van der Waals surface area (Å²) in [5.41, 5.74) is 0. The van der Waals surface area contributed by atoms with Gasteiger partial charge in [0.25, 0.3) is 0 Å². The lowest BCUT2D eigenvalue weighted by atomic mass is 10.1. The van der Waals surface area contributed by atoms with Crippen molar-refractivity contribution in [3.63, 3.8) is 0 Å². The van der Waals surface area contributed by atoms with Crippen LogP contribution in [0.2, 0.25) is 0 Å². The van der Waals surface area contributed by atoms with E-state index in [-0.39, 0.29) is 9.37 Å². The monoisotopic (exact) mass is 351 g/mol. The Bertz CT molecular complexity index is 544. The van der Waals surface area contributed by atoms with E-state index in [2.05, 4.69) is 20.7 Å². The predicted octanol–water partition coefficient (Wildman–Crippen LogP) is 2.29. The number of ether oxygens (including phenoxy) is 1. The van der Waals surface area contributed by atoms with E-state index in [1.807, 2.05) is 0 Å². The van der Waals surface area contributed by atoms with E-state index in [9.17, 15) is 12.8 Å². The summed E-state index contributed by atoms with van der Waals surface area (Å²) >= 11 is 3.06. The van der Waals surface area contributed by atoms with Crippen LogP contribution in [0.3, 0.4) is 0 Å². The Morgan fingerprint density at radius 1 is 1.47 bits per heavy atom. The highest BCUT2D eigenvalue weighted by Gasteiger charge is 2.20.